The Morgan fingerprint density at radius 2 is 1.82 bits per heavy atom. The predicted molar refractivity (Wildman–Crippen MR) is 114 cm³/mol. The lowest BCUT2D eigenvalue weighted by Crippen LogP contribution is -2.46. The minimum Gasteiger partial charge on any atom is -0.324 e. The van der Waals surface area contributed by atoms with Crippen molar-refractivity contribution in [3.63, 3.8) is 0 Å². The Bertz CT molecular complexity index is 1130. The van der Waals surface area contributed by atoms with Crippen LogP contribution in [0.2, 0.25) is 0 Å². The van der Waals surface area contributed by atoms with Gasteiger partial charge in [0.15, 0.2) is 0 Å². The number of rotatable bonds is 6. The summed E-state index contributed by atoms with van der Waals surface area (Å²) in [6.07, 6.45) is -1.49. The van der Waals surface area contributed by atoms with Gasteiger partial charge in [-0.15, -0.1) is 0 Å². The monoisotopic (exact) mass is 502 g/mol. The van der Waals surface area contributed by atoms with Crippen LogP contribution >= 0.6 is 0 Å². The molecule has 9 nitrogen and oxygen atoms in total. The number of anilines is 1. The smallest absolute Gasteiger partial charge is 0.324 e. The Hall–Kier alpha value is -2.67. The molecule has 4 amide bonds. The van der Waals surface area contributed by atoms with Gasteiger partial charge in [-0.05, 0) is 56.7 Å². The Morgan fingerprint density at radius 1 is 1.18 bits per heavy atom. The molecule has 186 valence electrons. The fourth-order valence-corrected chi connectivity index (χ4v) is 6.19. The normalized spacial score (nSPS) is 24.3. The van der Waals surface area contributed by atoms with Gasteiger partial charge in [0.05, 0.1) is 10.5 Å². The number of imide groups is 1. The van der Waals surface area contributed by atoms with E-state index in [1.165, 1.54) is 0 Å². The third-order valence-electron chi connectivity index (χ3n) is 6.50. The Labute approximate surface area is 194 Å². The molecule has 4 rings (SSSR count). The first-order chi connectivity index (χ1) is 15.8. The van der Waals surface area contributed by atoms with Gasteiger partial charge in [-0.3, -0.25) is 14.5 Å². The summed E-state index contributed by atoms with van der Waals surface area (Å²) in [4.78, 5) is 37.3. The van der Waals surface area contributed by atoms with Gasteiger partial charge < -0.3 is 10.6 Å². The van der Waals surface area contributed by atoms with Crippen molar-refractivity contribution >= 4 is 33.6 Å². The molecule has 0 radical (unpaired) electrons. The van der Waals surface area contributed by atoms with E-state index in [1.54, 1.807) is 6.92 Å². The first-order valence-corrected chi connectivity index (χ1v) is 12.4. The molecule has 2 saturated heterocycles. The van der Waals surface area contributed by atoms with Crippen LogP contribution in [-0.4, -0.2) is 60.6 Å². The number of sulfonamides is 1. The second-order valence-electron chi connectivity index (χ2n) is 9.02. The van der Waals surface area contributed by atoms with Gasteiger partial charge in [0, 0.05) is 18.8 Å². The van der Waals surface area contributed by atoms with Crippen LogP contribution in [0.15, 0.2) is 23.1 Å². The molecule has 1 aromatic rings. The third-order valence-corrected chi connectivity index (χ3v) is 8.44. The summed E-state index contributed by atoms with van der Waals surface area (Å²) in [6, 6.07) is 1.58. The van der Waals surface area contributed by atoms with E-state index in [-0.39, 0.29) is 24.7 Å². The minimum atomic E-state index is -4.92. The van der Waals surface area contributed by atoms with Crippen LogP contribution in [0.25, 0.3) is 0 Å². The molecule has 0 bridgehead atoms. The molecule has 0 aromatic heterocycles. The molecule has 1 aromatic carbocycles. The Morgan fingerprint density at radius 3 is 2.41 bits per heavy atom. The molecule has 3 fully saturated rings. The summed E-state index contributed by atoms with van der Waals surface area (Å²) in [5.74, 6) is -1.39. The highest BCUT2D eigenvalue weighted by Crippen LogP contribution is 2.42. The molecule has 0 spiro atoms. The zero-order chi connectivity index (χ0) is 24.9. The summed E-state index contributed by atoms with van der Waals surface area (Å²) in [7, 11) is -4.46. The first-order valence-electron chi connectivity index (χ1n) is 11.0. The van der Waals surface area contributed by atoms with Crippen molar-refractivity contribution in [1.82, 2.24) is 14.5 Å². The molecule has 2 heterocycles. The van der Waals surface area contributed by atoms with E-state index >= 15 is 0 Å². The molecule has 2 aliphatic heterocycles. The van der Waals surface area contributed by atoms with Gasteiger partial charge in [-0.2, -0.15) is 17.5 Å². The number of amides is 4. The van der Waals surface area contributed by atoms with Crippen molar-refractivity contribution in [2.45, 2.75) is 55.6 Å². The molecule has 1 atom stereocenters. The number of hydrogen-bond acceptors (Lipinski definition) is 5. The molecule has 1 unspecified atom stereocenters. The zero-order valence-electron chi connectivity index (χ0n) is 18.4. The van der Waals surface area contributed by atoms with E-state index in [9.17, 15) is 36.0 Å². The third kappa shape index (κ3) is 4.50. The lowest BCUT2D eigenvalue weighted by Gasteiger charge is -2.27. The summed E-state index contributed by atoms with van der Waals surface area (Å²) in [5.41, 5.74) is -2.60. The van der Waals surface area contributed by atoms with Crippen molar-refractivity contribution in [2.75, 3.05) is 25.0 Å². The maximum Gasteiger partial charge on any atom is 0.417 e. The van der Waals surface area contributed by atoms with E-state index in [4.69, 9.17) is 0 Å². The number of alkyl halides is 3. The Kier molecular flexibility index (Phi) is 6.13. The molecular weight excluding hydrogens is 477 g/mol. The van der Waals surface area contributed by atoms with Crippen LogP contribution in [0.3, 0.4) is 0 Å². The van der Waals surface area contributed by atoms with Gasteiger partial charge in [0.25, 0.3) is 5.91 Å². The molecule has 2 N–H and O–H groups in total. The van der Waals surface area contributed by atoms with E-state index in [2.05, 4.69) is 10.6 Å². The predicted octanol–water partition coefficient (Wildman–Crippen LogP) is 2.54. The summed E-state index contributed by atoms with van der Waals surface area (Å²) < 4.78 is 67.8. The first kappa shape index (κ1) is 24.5. The van der Waals surface area contributed by atoms with Crippen LogP contribution in [-0.2, 0) is 25.8 Å². The highest BCUT2D eigenvalue weighted by atomic mass is 32.2. The second kappa shape index (κ2) is 8.52. The van der Waals surface area contributed by atoms with Gasteiger partial charge >= 0.3 is 12.2 Å². The number of carbonyl (C=O) groups is 3. The molecule has 13 heteroatoms. The summed E-state index contributed by atoms with van der Waals surface area (Å²) in [6.45, 7) is 1.17. The van der Waals surface area contributed by atoms with Crippen molar-refractivity contribution in [3.8, 4) is 0 Å². The summed E-state index contributed by atoms with van der Waals surface area (Å²) in [5, 5.41) is 4.91. The minimum absolute atomic E-state index is 0.00511. The largest absolute Gasteiger partial charge is 0.417 e. The van der Waals surface area contributed by atoms with Gasteiger partial charge in [0.1, 0.15) is 12.1 Å². The van der Waals surface area contributed by atoms with Crippen LogP contribution in [0, 0.1) is 5.92 Å². The topological polar surface area (TPSA) is 116 Å². The average molecular weight is 503 g/mol. The van der Waals surface area contributed by atoms with Gasteiger partial charge in [-0.25, -0.2) is 13.2 Å². The van der Waals surface area contributed by atoms with Crippen LogP contribution < -0.4 is 10.6 Å². The number of piperidine rings is 1. The van der Waals surface area contributed by atoms with Crippen molar-refractivity contribution in [2.24, 2.45) is 5.92 Å². The van der Waals surface area contributed by atoms with Gasteiger partial charge in [0.2, 0.25) is 15.9 Å². The highest BCUT2D eigenvalue weighted by Gasteiger charge is 2.56. The number of urea groups is 1. The highest BCUT2D eigenvalue weighted by molar-refractivity contribution is 7.89. The maximum atomic E-state index is 13.6. The summed E-state index contributed by atoms with van der Waals surface area (Å²) >= 11 is 0. The number of nitrogens with zero attached hydrogens (tertiary/aromatic N) is 2. The number of carbonyl (C=O) groups excluding carboxylic acids is 3. The van der Waals surface area contributed by atoms with Crippen molar-refractivity contribution < 1.29 is 36.0 Å². The number of nitrogens with one attached hydrogen (secondary N) is 2. The quantitative estimate of drug-likeness (QED) is 0.580. The lowest BCUT2D eigenvalue weighted by molar-refractivity contribution is -0.140. The van der Waals surface area contributed by atoms with Crippen molar-refractivity contribution in [1.29, 1.82) is 0 Å². The average Bonchev–Trinajstić information content (AvgIpc) is 3.60. The van der Waals surface area contributed by atoms with E-state index in [0.29, 0.717) is 18.9 Å². The fourth-order valence-electron chi connectivity index (χ4n) is 4.43. The molecule has 1 saturated carbocycles. The van der Waals surface area contributed by atoms with Crippen LogP contribution in [0.5, 0.6) is 0 Å². The number of hydrogen-bond donors (Lipinski definition) is 2. The fraction of sp³-hybridized carbons (Fsp3) is 0.571. The van der Waals surface area contributed by atoms with E-state index in [1.807, 2.05) is 0 Å². The zero-order valence-corrected chi connectivity index (χ0v) is 19.3. The van der Waals surface area contributed by atoms with Gasteiger partial charge in [-0.1, -0.05) is 6.42 Å². The number of benzene rings is 1. The molecule has 3 aliphatic rings. The molecular formula is C21H25F3N4O5S. The van der Waals surface area contributed by atoms with Crippen molar-refractivity contribution in [3.05, 3.63) is 23.8 Å². The lowest BCUT2D eigenvalue weighted by atomic mass is 9.96. The second-order valence-corrected chi connectivity index (χ2v) is 10.9. The van der Waals surface area contributed by atoms with Crippen LogP contribution in [0.1, 0.15) is 44.6 Å². The molecule has 34 heavy (non-hydrogen) atoms. The standard InChI is InChI=1S/C21H25F3N4O5S/c1-20(13-5-6-13)18(30)28(19(31)26-20)12-17(29)25-14-7-8-15(21(22,23)24)16(11-14)34(32,33)27-9-3-2-4-10-27/h7-8,11,13H,2-6,9-10,12H2,1H3,(H,25,29)(H,26,31). The maximum absolute atomic E-state index is 13.6. The Balaban J connectivity index is 1.55. The van der Waals surface area contributed by atoms with Crippen LogP contribution in [0.4, 0.5) is 23.7 Å². The van der Waals surface area contributed by atoms with E-state index < -0.39 is 56.6 Å². The van der Waals surface area contributed by atoms with E-state index in [0.717, 1.165) is 40.6 Å². The SMILES string of the molecule is CC1(C2CC2)NC(=O)N(CC(=O)Nc2ccc(C(F)(F)F)c(S(=O)(=O)N3CCCCC3)c2)C1=O. The number of halogens is 3. The molecule has 1 aliphatic carbocycles.